The summed E-state index contributed by atoms with van der Waals surface area (Å²) in [4.78, 5) is 22.6. The van der Waals surface area contributed by atoms with Crippen LogP contribution in [0.1, 0.15) is 50.5 Å². The van der Waals surface area contributed by atoms with Crippen molar-refractivity contribution in [3.63, 3.8) is 0 Å². The molecule has 23 heavy (non-hydrogen) atoms. The van der Waals surface area contributed by atoms with Crippen LogP contribution in [-0.4, -0.2) is 31.0 Å². The minimum absolute atomic E-state index is 0.0569. The van der Waals surface area contributed by atoms with Crippen LogP contribution in [0.25, 0.3) is 0 Å². The highest BCUT2D eigenvalue weighted by Crippen LogP contribution is 2.34. The minimum atomic E-state index is -3.64. The van der Waals surface area contributed by atoms with Crippen LogP contribution in [-0.2, 0) is 19.4 Å². The molecule has 6 heteroatoms. The lowest BCUT2D eigenvalue weighted by Crippen LogP contribution is -2.16. The topological polar surface area (TPSA) is 88.5 Å². The standard InChI is InChI=1S/C17H22O5S/c1-12(18)11-23(21,22)15-8-6-14(7-9-15)16(17(19)20)10-13-4-2-3-5-13/h6-9,13,16H,2-5,10-11H2,1H3,(H,19,20). The summed E-state index contributed by atoms with van der Waals surface area (Å²) in [5.74, 6) is -2.01. The molecular formula is C17H22O5S. The van der Waals surface area contributed by atoms with Crippen LogP contribution >= 0.6 is 0 Å². The van der Waals surface area contributed by atoms with Gasteiger partial charge >= 0.3 is 5.97 Å². The third-order valence-electron chi connectivity index (χ3n) is 4.38. The summed E-state index contributed by atoms with van der Waals surface area (Å²) in [7, 11) is -3.64. The Bertz CT molecular complexity index is 669. The van der Waals surface area contributed by atoms with E-state index in [2.05, 4.69) is 0 Å². The van der Waals surface area contributed by atoms with Gasteiger partial charge in [0.15, 0.2) is 9.84 Å². The number of carboxylic acid groups (broad SMARTS) is 1. The number of hydrogen-bond acceptors (Lipinski definition) is 4. The molecule has 0 heterocycles. The van der Waals surface area contributed by atoms with Gasteiger partial charge in [0, 0.05) is 0 Å². The zero-order valence-electron chi connectivity index (χ0n) is 13.2. The number of benzene rings is 1. The molecule has 1 aromatic carbocycles. The van der Waals surface area contributed by atoms with Crippen molar-refractivity contribution in [1.29, 1.82) is 0 Å². The molecule has 0 spiro atoms. The van der Waals surface area contributed by atoms with Gasteiger partial charge in [-0.05, 0) is 37.0 Å². The fourth-order valence-corrected chi connectivity index (χ4v) is 4.47. The lowest BCUT2D eigenvalue weighted by Gasteiger charge is -2.17. The molecule has 5 nitrogen and oxygen atoms in total. The summed E-state index contributed by atoms with van der Waals surface area (Å²) in [5, 5.41) is 9.47. The van der Waals surface area contributed by atoms with E-state index in [0.717, 1.165) is 25.7 Å². The van der Waals surface area contributed by atoms with Crippen LogP contribution in [0.4, 0.5) is 0 Å². The van der Waals surface area contributed by atoms with Gasteiger partial charge in [-0.3, -0.25) is 9.59 Å². The monoisotopic (exact) mass is 338 g/mol. The molecule has 0 amide bonds. The Hall–Kier alpha value is -1.69. The van der Waals surface area contributed by atoms with Crippen molar-refractivity contribution in [3.05, 3.63) is 29.8 Å². The van der Waals surface area contributed by atoms with E-state index in [1.54, 1.807) is 12.1 Å². The van der Waals surface area contributed by atoms with E-state index in [1.807, 2.05) is 0 Å². The van der Waals surface area contributed by atoms with Gasteiger partial charge in [-0.1, -0.05) is 37.8 Å². The van der Waals surface area contributed by atoms with Gasteiger partial charge < -0.3 is 5.11 Å². The Morgan fingerprint density at radius 2 is 1.74 bits per heavy atom. The smallest absolute Gasteiger partial charge is 0.310 e. The maximum atomic E-state index is 12.0. The van der Waals surface area contributed by atoms with Gasteiger partial charge in [0.05, 0.1) is 10.8 Å². The quantitative estimate of drug-likeness (QED) is 0.826. The average Bonchev–Trinajstić information content (AvgIpc) is 2.96. The highest BCUT2D eigenvalue weighted by molar-refractivity contribution is 7.92. The van der Waals surface area contributed by atoms with Crippen molar-refractivity contribution in [3.8, 4) is 0 Å². The fourth-order valence-electron chi connectivity index (χ4n) is 3.22. The van der Waals surface area contributed by atoms with E-state index < -0.39 is 33.3 Å². The highest BCUT2D eigenvalue weighted by Gasteiger charge is 2.27. The van der Waals surface area contributed by atoms with E-state index in [9.17, 15) is 23.1 Å². The average molecular weight is 338 g/mol. The Morgan fingerprint density at radius 1 is 1.17 bits per heavy atom. The molecule has 1 saturated carbocycles. The molecule has 0 saturated heterocycles. The van der Waals surface area contributed by atoms with Crippen molar-refractivity contribution in [1.82, 2.24) is 0 Å². The van der Waals surface area contributed by atoms with Gasteiger partial charge in [-0.2, -0.15) is 0 Å². The summed E-state index contributed by atoms with van der Waals surface area (Å²) < 4.78 is 24.0. The lowest BCUT2D eigenvalue weighted by atomic mass is 9.88. The number of carboxylic acids is 1. The number of Topliss-reactive ketones (excluding diaryl/α,β-unsaturated/α-hetero) is 1. The van der Waals surface area contributed by atoms with Gasteiger partial charge in [0.1, 0.15) is 11.5 Å². The van der Waals surface area contributed by atoms with E-state index in [-0.39, 0.29) is 4.90 Å². The zero-order valence-corrected chi connectivity index (χ0v) is 14.0. The van der Waals surface area contributed by atoms with Crippen LogP contribution < -0.4 is 0 Å². The maximum Gasteiger partial charge on any atom is 0.310 e. The first kappa shape index (κ1) is 17.7. The van der Waals surface area contributed by atoms with Gasteiger partial charge in [-0.25, -0.2) is 8.42 Å². The molecule has 0 bridgehead atoms. The Kier molecular flexibility index (Phi) is 5.57. The Balaban J connectivity index is 2.18. The molecule has 0 aromatic heterocycles. The number of aliphatic carboxylic acids is 1. The Labute approximate surface area is 136 Å². The van der Waals surface area contributed by atoms with E-state index >= 15 is 0 Å². The predicted octanol–water partition coefficient (Wildman–Crippen LogP) is 2.80. The molecule has 1 unspecified atom stereocenters. The summed E-state index contributed by atoms with van der Waals surface area (Å²) in [6, 6.07) is 5.91. The van der Waals surface area contributed by atoms with Gasteiger partial charge in [0.2, 0.25) is 0 Å². The molecule has 1 fully saturated rings. The van der Waals surface area contributed by atoms with E-state index in [1.165, 1.54) is 19.1 Å². The van der Waals surface area contributed by atoms with Crippen LogP contribution in [0.5, 0.6) is 0 Å². The normalized spacial score (nSPS) is 17.1. The van der Waals surface area contributed by atoms with Crippen molar-refractivity contribution >= 4 is 21.6 Å². The molecular weight excluding hydrogens is 316 g/mol. The number of hydrogen-bond donors (Lipinski definition) is 1. The van der Waals surface area contributed by atoms with Crippen molar-refractivity contribution in [2.45, 2.75) is 49.8 Å². The summed E-state index contributed by atoms with van der Waals surface area (Å²) in [6.07, 6.45) is 5.02. The van der Waals surface area contributed by atoms with E-state index in [4.69, 9.17) is 0 Å². The maximum absolute atomic E-state index is 12.0. The third-order valence-corrected chi connectivity index (χ3v) is 6.15. The zero-order chi connectivity index (χ0) is 17.0. The summed E-state index contributed by atoms with van der Waals surface area (Å²) in [5.41, 5.74) is 0.617. The first-order valence-electron chi connectivity index (χ1n) is 7.84. The number of carbonyl (C=O) groups is 2. The van der Waals surface area contributed by atoms with Crippen LogP contribution in [0, 0.1) is 5.92 Å². The molecule has 0 radical (unpaired) electrons. The number of ketones is 1. The largest absolute Gasteiger partial charge is 0.481 e. The second-order valence-corrected chi connectivity index (χ2v) is 8.30. The molecule has 1 N–H and O–H groups in total. The highest BCUT2D eigenvalue weighted by atomic mass is 32.2. The number of carbonyl (C=O) groups excluding carboxylic acids is 1. The second-order valence-electron chi connectivity index (χ2n) is 6.31. The first-order valence-corrected chi connectivity index (χ1v) is 9.50. The minimum Gasteiger partial charge on any atom is -0.481 e. The predicted molar refractivity (Wildman–Crippen MR) is 86.1 cm³/mol. The number of sulfone groups is 1. The van der Waals surface area contributed by atoms with Crippen molar-refractivity contribution in [2.24, 2.45) is 5.92 Å². The summed E-state index contributed by atoms with van der Waals surface area (Å²) >= 11 is 0. The SMILES string of the molecule is CC(=O)CS(=O)(=O)c1ccc(C(CC2CCCC2)C(=O)O)cc1. The molecule has 2 rings (SSSR count). The van der Waals surface area contributed by atoms with Crippen molar-refractivity contribution in [2.75, 3.05) is 5.75 Å². The summed E-state index contributed by atoms with van der Waals surface area (Å²) in [6.45, 7) is 1.23. The number of rotatable bonds is 7. The molecule has 1 atom stereocenters. The van der Waals surface area contributed by atoms with Crippen molar-refractivity contribution < 1.29 is 23.1 Å². The Morgan fingerprint density at radius 3 is 2.22 bits per heavy atom. The molecule has 0 aliphatic heterocycles. The molecule has 1 aromatic rings. The molecule has 126 valence electrons. The van der Waals surface area contributed by atoms with E-state index in [0.29, 0.717) is 17.9 Å². The first-order chi connectivity index (χ1) is 10.8. The van der Waals surface area contributed by atoms with Gasteiger partial charge in [-0.15, -0.1) is 0 Å². The van der Waals surface area contributed by atoms with Crippen LogP contribution in [0.2, 0.25) is 0 Å². The van der Waals surface area contributed by atoms with Gasteiger partial charge in [0.25, 0.3) is 0 Å². The lowest BCUT2D eigenvalue weighted by molar-refractivity contribution is -0.139. The molecule has 1 aliphatic carbocycles. The van der Waals surface area contributed by atoms with Crippen LogP contribution in [0.3, 0.4) is 0 Å². The fraction of sp³-hybridized carbons (Fsp3) is 0.529. The molecule has 1 aliphatic rings. The third kappa shape index (κ3) is 4.64. The van der Waals surface area contributed by atoms with Crippen LogP contribution in [0.15, 0.2) is 29.2 Å². The second kappa shape index (κ2) is 7.25.